The molecule has 0 radical (unpaired) electrons. The first-order valence-electron chi connectivity index (χ1n) is 4.69. The molecule has 0 saturated heterocycles. The molecule has 0 aliphatic rings. The van der Waals surface area contributed by atoms with Gasteiger partial charge in [-0.1, -0.05) is 24.3 Å². The third kappa shape index (κ3) is 1.97. The van der Waals surface area contributed by atoms with Crippen molar-refractivity contribution in [1.29, 1.82) is 0 Å². The summed E-state index contributed by atoms with van der Waals surface area (Å²) < 4.78 is 0. The highest BCUT2D eigenvalue weighted by atomic mass is 16.3. The van der Waals surface area contributed by atoms with Crippen LogP contribution >= 0.6 is 0 Å². The minimum absolute atomic E-state index is 0.0193. The van der Waals surface area contributed by atoms with Gasteiger partial charge in [0, 0.05) is 11.8 Å². The molecule has 0 unspecified atom stereocenters. The molecule has 0 fully saturated rings. The van der Waals surface area contributed by atoms with Crippen LogP contribution in [0.4, 0.5) is 0 Å². The molecule has 0 atom stereocenters. The summed E-state index contributed by atoms with van der Waals surface area (Å²) in [5.41, 5.74) is 2.23. The molecule has 2 N–H and O–H groups in total. The van der Waals surface area contributed by atoms with E-state index in [0.29, 0.717) is 5.56 Å². The van der Waals surface area contributed by atoms with Gasteiger partial charge < -0.3 is 10.1 Å². The number of aromatic nitrogens is 1. The fraction of sp³-hybridized carbons (Fsp3) is 0.0833. The van der Waals surface area contributed by atoms with Crippen molar-refractivity contribution in [3.8, 4) is 11.1 Å². The van der Waals surface area contributed by atoms with Gasteiger partial charge in [0.2, 0.25) is 0 Å². The number of nitrogens with one attached hydrogen (secondary N) is 1. The molecular formula is C12H11NO2. The van der Waals surface area contributed by atoms with E-state index in [0.717, 1.165) is 11.1 Å². The molecule has 1 aromatic carbocycles. The van der Waals surface area contributed by atoms with E-state index in [9.17, 15) is 4.79 Å². The van der Waals surface area contributed by atoms with Crippen molar-refractivity contribution in [3.05, 3.63) is 58.5 Å². The van der Waals surface area contributed by atoms with Crippen molar-refractivity contribution in [2.24, 2.45) is 0 Å². The number of aromatic amines is 1. The van der Waals surface area contributed by atoms with Gasteiger partial charge in [-0.2, -0.15) is 0 Å². The lowest BCUT2D eigenvalue weighted by Crippen LogP contribution is -2.06. The van der Waals surface area contributed by atoms with E-state index >= 15 is 0 Å². The Morgan fingerprint density at radius 2 is 1.87 bits per heavy atom. The number of aliphatic hydroxyl groups excluding tert-OH is 1. The first-order chi connectivity index (χ1) is 7.31. The molecule has 0 aliphatic carbocycles. The second-order valence-electron chi connectivity index (χ2n) is 3.27. The molecule has 2 rings (SSSR count). The predicted molar refractivity (Wildman–Crippen MR) is 58.4 cm³/mol. The number of pyridine rings is 1. The average Bonchev–Trinajstić information content (AvgIpc) is 2.30. The van der Waals surface area contributed by atoms with Gasteiger partial charge in [0.05, 0.1) is 6.61 Å². The van der Waals surface area contributed by atoms with Gasteiger partial charge in [-0.15, -0.1) is 0 Å². The van der Waals surface area contributed by atoms with E-state index in [1.165, 1.54) is 0 Å². The van der Waals surface area contributed by atoms with E-state index < -0.39 is 0 Å². The molecule has 0 amide bonds. The van der Waals surface area contributed by atoms with Crippen LogP contribution in [0.25, 0.3) is 11.1 Å². The van der Waals surface area contributed by atoms with E-state index in [-0.39, 0.29) is 12.2 Å². The fourth-order valence-electron chi connectivity index (χ4n) is 1.44. The lowest BCUT2D eigenvalue weighted by molar-refractivity contribution is 0.282. The SMILES string of the molecule is O=c1[nH]cccc1-c1ccc(CO)cc1. The van der Waals surface area contributed by atoms with E-state index in [1.54, 1.807) is 18.3 Å². The van der Waals surface area contributed by atoms with Gasteiger partial charge in [-0.05, 0) is 23.3 Å². The third-order valence-electron chi connectivity index (χ3n) is 2.27. The zero-order valence-corrected chi connectivity index (χ0v) is 8.10. The van der Waals surface area contributed by atoms with E-state index in [4.69, 9.17) is 5.11 Å². The molecule has 1 heterocycles. The van der Waals surface area contributed by atoms with Crippen LogP contribution in [-0.2, 0) is 6.61 Å². The van der Waals surface area contributed by atoms with Crippen LogP contribution in [0.5, 0.6) is 0 Å². The van der Waals surface area contributed by atoms with Crippen LogP contribution in [-0.4, -0.2) is 10.1 Å². The van der Waals surface area contributed by atoms with Crippen molar-refractivity contribution in [2.75, 3.05) is 0 Å². The second-order valence-corrected chi connectivity index (χ2v) is 3.27. The molecular weight excluding hydrogens is 190 g/mol. The van der Waals surface area contributed by atoms with Crippen LogP contribution in [0.2, 0.25) is 0 Å². The second kappa shape index (κ2) is 4.11. The van der Waals surface area contributed by atoms with Gasteiger partial charge in [0.1, 0.15) is 0 Å². The minimum atomic E-state index is -0.103. The maximum absolute atomic E-state index is 11.5. The van der Waals surface area contributed by atoms with Crippen LogP contribution in [0.3, 0.4) is 0 Å². The van der Waals surface area contributed by atoms with Crippen LogP contribution < -0.4 is 5.56 Å². The molecule has 0 saturated carbocycles. The van der Waals surface area contributed by atoms with Crippen molar-refractivity contribution >= 4 is 0 Å². The highest BCUT2D eigenvalue weighted by molar-refractivity contribution is 5.62. The van der Waals surface area contributed by atoms with Crippen molar-refractivity contribution in [3.63, 3.8) is 0 Å². The van der Waals surface area contributed by atoms with E-state index in [2.05, 4.69) is 4.98 Å². The van der Waals surface area contributed by atoms with Crippen molar-refractivity contribution in [1.82, 2.24) is 4.98 Å². The number of H-pyrrole nitrogens is 1. The Morgan fingerprint density at radius 1 is 1.13 bits per heavy atom. The Morgan fingerprint density at radius 3 is 2.47 bits per heavy atom. The number of hydrogen-bond donors (Lipinski definition) is 2. The highest BCUT2D eigenvalue weighted by Gasteiger charge is 2.01. The average molecular weight is 201 g/mol. The Labute approximate surface area is 87.0 Å². The molecule has 15 heavy (non-hydrogen) atoms. The fourth-order valence-corrected chi connectivity index (χ4v) is 1.44. The van der Waals surface area contributed by atoms with Gasteiger partial charge in [0.15, 0.2) is 0 Å². The number of hydrogen-bond acceptors (Lipinski definition) is 2. The van der Waals surface area contributed by atoms with Gasteiger partial charge in [-0.25, -0.2) is 0 Å². The monoisotopic (exact) mass is 201 g/mol. The topological polar surface area (TPSA) is 53.1 Å². The Balaban J connectivity index is 2.46. The standard InChI is InChI=1S/C12H11NO2/c14-8-9-3-5-10(6-4-9)11-2-1-7-13-12(11)15/h1-7,14H,8H2,(H,13,15). The third-order valence-corrected chi connectivity index (χ3v) is 2.27. The molecule has 3 heteroatoms. The zero-order valence-electron chi connectivity index (χ0n) is 8.10. The minimum Gasteiger partial charge on any atom is -0.392 e. The van der Waals surface area contributed by atoms with Crippen molar-refractivity contribution in [2.45, 2.75) is 6.61 Å². The Kier molecular flexibility index (Phi) is 2.65. The lowest BCUT2D eigenvalue weighted by atomic mass is 10.1. The smallest absolute Gasteiger partial charge is 0.255 e. The Bertz CT molecular complexity index is 500. The quantitative estimate of drug-likeness (QED) is 0.774. The van der Waals surface area contributed by atoms with Gasteiger partial charge >= 0.3 is 0 Å². The van der Waals surface area contributed by atoms with Gasteiger partial charge in [0.25, 0.3) is 5.56 Å². The number of rotatable bonds is 2. The van der Waals surface area contributed by atoms with Crippen molar-refractivity contribution < 1.29 is 5.11 Å². The zero-order chi connectivity index (χ0) is 10.7. The molecule has 0 bridgehead atoms. The molecule has 0 spiro atoms. The highest BCUT2D eigenvalue weighted by Crippen LogP contribution is 2.15. The number of aliphatic hydroxyl groups is 1. The normalized spacial score (nSPS) is 10.2. The summed E-state index contributed by atoms with van der Waals surface area (Å²) in [4.78, 5) is 14.1. The first-order valence-corrected chi connectivity index (χ1v) is 4.69. The summed E-state index contributed by atoms with van der Waals surface area (Å²) in [6, 6.07) is 10.8. The maximum Gasteiger partial charge on any atom is 0.255 e. The summed E-state index contributed by atoms with van der Waals surface area (Å²) in [6.45, 7) is 0.0193. The summed E-state index contributed by atoms with van der Waals surface area (Å²) in [6.07, 6.45) is 1.61. The van der Waals surface area contributed by atoms with Gasteiger partial charge in [-0.3, -0.25) is 4.79 Å². The van der Waals surface area contributed by atoms with Crippen LogP contribution in [0, 0.1) is 0 Å². The number of benzene rings is 1. The molecule has 2 aromatic rings. The molecule has 1 aromatic heterocycles. The van der Waals surface area contributed by atoms with Crippen LogP contribution in [0.15, 0.2) is 47.4 Å². The first kappa shape index (κ1) is 9.68. The lowest BCUT2D eigenvalue weighted by Gasteiger charge is -2.01. The molecule has 0 aliphatic heterocycles. The van der Waals surface area contributed by atoms with E-state index in [1.807, 2.05) is 24.3 Å². The molecule has 76 valence electrons. The van der Waals surface area contributed by atoms with Crippen LogP contribution in [0.1, 0.15) is 5.56 Å². The maximum atomic E-state index is 11.5. The summed E-state index contributed by atoms with van der Waals surface area (Å²) >= 11 is 0. The predicted octanol–water partition coefficient (Wildman–Crippen LogP) is 1.53. The Hall–Kier alpha value is -1.87. The largest absolute Gasteiger partial charge is 0.392 e. The summed E-state index contributed by atoms with van der Waals surface area (Å²) in [5, 5.41) is 8.89. The summed E-state index contributed by atoms with van der Waals surface area (Å²) in [5.74, 6) is 0. The molecule has 3 nitrogen and oxygen atoms in total. The summed E-state index contributed by atoms with van der Waals surface area (Å²) in [7, 11) is 0.